The van der Waals surface area contributed by atoms with E-state index in [9.17, 15) is 4.79 Å². The number of benzene rings is 1. The molecule has 0 radical (unpaired) electrons. The number of ether oxygens (including phenoxy) is 1. The summed E-state index contributed by atoms with van der Waals surface area (Å²) >= 11 is 0. The second-order valence-corrected chi connectivity index (χ2v) is 6.73. The highest BCUT2D eigenvalue weighted by molar-refractivity contribution is 5.97. The second kappa shape index (κ2) is 5.30. The van der Waals surface area contributed by atoms with E-state index in [1.807, 2.05) is 37.1 Å². The molecule has 2 atom stereocenters. The summed E-state index contributed by atoms with van der Waals surface area (Å²) in [5.41, 5.74) is 2.37. The van der Waals surface area contributed by atoms with E-state index < -0.39 is 0 Å². The van der Waals surface area contributed by atoms with Gasteiger partial charge in [-0.1, -0.05) is 6.42 Å². The smallest absolute Gasteiger partial charge is 0.253 e. The summed E-state index contributed by atoms with van der Waals surface area (Å²) in [5.74, 6) is 0.0566. The van der Waals surface area contributed by atoms with Crippen LogP contribution in [0.25, 0.3) is 11.0 Å². The minimum atomic E-state index is 0.0566. The SMILES string of the molecule is CCO[C@H]1C[C@H](N(C)C(=O)c2ccc3n[nH]nc3c2)C12CCC2. The van der Waals surface area contributed by atoms with Crippen LogP contribution in [-0.2, 0) is 4.74 Å². The molecule has 0 saturated heterocycles. The first-order valence-electron chi connectivity index (χ1n) is 8.35. The van der Waals surface area contributed by atoms with Gasteiger partial charge in [-0.25, -0.2) is 0 Å². The van der Waals surface area contributed by atoms with Crippen molar-refractivity contribution in [2.45, 2.75) is 44.8 Å². The van der Waals surface area contributed by atoms with Crippen LogP contribution in [0.15, 0.2) is 18.2 Å². The largest absolute Gasteiger partial charge is 0.378 e. The van der Waals surface area contributed by atoms with E-state index in [0.29, 0.717) is 11.7 Å². The van der Waals surface area contributed by atoms with Crippen LogP contribution in [0.5, 0.6) is 0 Å². The molecule has 2 aromatic rings. The number of carbonyl (C=O) groups excluding carboxylic acids is 1. The van der Waals surface area contributed by atoms with Gasteiger partial charge in [0.15, 0.2) is 0 Å². The summed E-state index contributed by atoms with van der Waals surface area (Å²) < 4.78 is 5.89. The number of carbonyl (C=O) groups is 1. The topological polar surface area (TPSA) is 71.1 Å². The van der Waals surface area contributed by atoms with Crippen molar-refractivity contribution in [3.63, 3.8) is 0 Å². The first-order valence-corrected chi connectivity index (χ1v) is 8.35. The van der Waals surface area contributed by atoms with Gasteiger partial charge in [-0.15, -0.1) is 0 Å². The number of aromatic nitrogens is 3. The summed E-state index contributed by atoms with van der Waals surface area (Å²) in [6.45, 7) is 2.79. The predicted molar refractivity (Wildman–Crippen MR) is 86.1 cm³/mol. The Morgan fingerprint density at radius 3 is 2.87 bits per heavy atom. The van der Waals surface area contributed by atoms with Crippen LogP contribution >= 0.6 is 0 Å². The summed E-state index contributed by atoms with van der Waals surface area (Å²) in [4.78, 5) is 14.8. The van der Waals surface area contributed by atoms with E-state index in [2.05, 4.69) is 15.4 Å². The van der Waals surface area contributed by atoms with E-state index in [-0.39, 0.29) is 17.4 Å². The van der Waals surface area contributed by atoms with Crippen molar-refractivity contribution in [2.75, 3.05) is 13.7 Å². The van der Waals surface area contributed by atoms with Gasteiger partial charge < -0.3 is 9.64 Å². The van der Waals surface area contributed by atoms with Crippen molar-refractivity contribution in [1.82, 2.24) is 20.3 Å². The number of nitrogens with one attached hydrogen (secondary N) is 1. The Balaban J connectivity index is 1.54. The molecule has 4 rings (SSSR count). The Labute approximate surface area is 135 Å². The molecule has 2 aliphatic carbocycles. The van der Waals surface area contributed by atoms with Crippen LogP contribution in [0, 0.1) is 5.41 Å². The minimum Gasteiger partial charge on any atom is -0.378 e. The highest BCUT2D eigenvalue weighted by atomic mass is 16.5. The molecule has 6 nitrogen and oxygen atoms in total. The molecule has 1 spiro atoms. The van der Waals surface area contributed by atoms with Gasteiger partial charge in [0.25, 0.3) is 5.91 Å². The molecule has 2 aliphatic rings. The molecule has 1 N–H and O–H groups in total. The first kappa shape index (κ1) is 14.6. The predicted octanol–water partition coefficient (Wildman–Crippen LogP) is 2.38. The van der Waals surface area contributed by atoms with Gasteiger partial charge >= 0.3 is 0 Å². The molecule has 122 valence electrons. The van der Waals surface area contributed by atoms with Crippen molar-refractivity contribution in [3.05, 3.63) is 23.8 Å². The van der Waals surface area contributed by atoms with Crippen molar-refractivity contribution >= 4 is 16.9 Å². The molecular formula is C17H22N4O2. The van der Waals surface area contributed by atoms with Crippen molar-refractivity contribution in [2.24, 2.45) is 5.41 Å². The van der Waals surface area contributed by atoms with Gasteiger partial charge in [0.05, 0.1) is 6.10 Å². The molecule has 1 amide bonds. The third-order valence-corrected chi connectivity index (χ3v) is 5.75. The number of amides is 1. The summed E-state index contributed by atoms with van der Waals surface area (Å²) in [6, 6.07) is 5.76. The zero-order chi connectivity index (χ0) is 16.0. The highest BCUT2D eigenvalue weighted by Crippen LogP contribution is 2.59. The average Bonchev–Trinajstić information content (AvgIpc) is 2.95. The van der Waals surface area contributed by atoms with Crippen molar-refractivity contribution < 1.29 is 9.53 Å². The van der Waals surface area contributed by atoms with Gasteiger partial charge in [0.1, 0.15) is 11.0 Å². The monoisotopic (exact) mass is 314 g/mol. The van der Waals surface area contributed by atoms with Crippen LogP contribution in [0.3, 0.4) is 0 Å². The fraction of sp³-hybridized carbons (Fsp3) is 0.588. The number of aromatic amines is 1. The van der Waals surface area contributed by atoms with E-state index in [1.54, 1.807) is 0 Å². The van der Waals surface area contributed by atoms with Gasteiger partial charge in [-0.05, 0) is 44.4 Å². The summed E-state index contributed by atoms with van der Waals surface area (Å²) in [7, 11) is 1.92. The number of hydrogen-bond acceptors (Lipinski definition) is 4. The first-order chi connectivity index (χ1) is 11.2. The lowest BCUT2D eigenvalue weighted by Gasteiger charge is -2.63. The standard InChI is InChI=1S/C17H22N4O2/c1-3-23-15-10-14(17(15)7-4-8-17)21(2)16(22)11-5-6-12-13(9-11)19-20-18-12/h5-6,9,14-15H,3-4,7-8,10H2,1-2H3,(H,18,19,20)/t14-,15-/m0/s1. The maximum absolute atomic E-state index is 12.9. The molecule has 2 saturated carbocycles. The Bertz CT molecular complexity index is 737. The zero-order valence-electron chi connectivity index (χ0n) is 13.6. The van der Waals surface area contributed by atoms with Gasteiger partial charge in [-0.3, -0.25) is 4.79 Å². The summed E-state index contributed by atoms with van der Waals surface area (Å²) in [5, 5.41) is 10.7. The molecule has 0 bridgehead atoms. The second-order valence-electron chi connectivity index (χ2n) is 6.73. The fourth-order valence-corrected chi connectivity index (χ4v) is 4.26. The van der Waals surface area contributed by atoms with Crippen molar-refractivity contribution in [3.8, 4) is 0 Å². The van der Waals surface area contributed by atoms with Crippen LogP contribution in [0.2, 0.25) is 0 Å². The van der Waals surface area contributed by atoms with Crippen molar-refractivity contribution in [1.29, 1.82) is 0 Å². The normalized spacial score (nSPS) is 25.1. The van der Waals surface area contributed by atoms with Crippen LogP contribution in [0.1, 0.15) is 43.0 Å². The lowest BCUT2D eigenvalue weighted by atomic mass is 9.50. The number of nitrogens with zero attached hydrogens (tertiary/aromatic N) is 3. The Hall–Kier alpha value is -1.95. The Morgan fingerprint density at radius 2 is 2.17 bits per heavy atom. The number of hydrogen-bond donors (Lipinski definition) is 1. The van der Waals surface area contributed by atoms with E-state index in [1.165, 1.54) is 19.3 Å². The third kappa shape index (κ3) is 2.08. The number of fused-ring (bicyclic) bond motifs is 1. The molecule has 23 heavy (non-hydrogen) atoms. The molecule has 2 fully saturated rings. The molecule has 1 aromatic heterocycles. The fourth-order valence-electron chi connectivity index (χ4n) is 4.26. The maximum atomic E-state index is 12.9. The lowest BCUT2D eigenvalue weighted by Crippen LogP contribution is -2.67. The Kier molecular flexibility index (Phi) is 3.37. The van der Waals surface area contributed by atoms with Gasteiger partial charge in [-0.2, -0.15) is 15.4 Å². The summed E-state index contributed by atoms with van der Waals surface area (Å²) in [6.07, 6.45) is 4.85. The van der Waals surface area contributed by atoms with E-state index in [4.69, 9.17) is 4.74 Å². The zero-order valence-corrected chi connectivity index (χ0v) is 13.6. The van der Waals surface area contributed by atoms with E-state index in [0.717, 1.165) is 24.1 Å². The Morgan fingerprint density at radius 1 is 1.39 bits per heavy atom. The molecule has 0 unspecified atom stereocenters. The maximum Gasteiger partial charge on any atom is 0.253 e. The number of H-pyrrole nitrogens is 1. The highest BCUT2D eigenvalue weighted by Gasteiger charge is 2.60. The molecule has 1 aromatic carbocycles. The van der Waals surface area contributed by atoms with Crippen LogP contribution < -0.4 is 0 Å². The molecule has 6 heteroatoms. The van der Waals surface area contributed by atoms with E-state index >= 15 is 0 Å². The third-order valence-electron chi connectivity index (χ3n) is 5.75. The van der Waals surface area contributed by atoms with Gasteiger partial charge in [0, 0.05) is 30.7 Å². The molecule has 0 aliphatic heterocycles. The quantitative estimate of drug-likeness (QED) is 0.940. The van der Waals surface area contributed by atoms with Gasteiger partial charge in [0.2, 0.25) is 0 Å². The minimum absolute atomic E-state index is 0.0566. The lowest BCUT2D eigenvalue weighted by molar-refractivity contribution is -0.192. The average molecular weight is 314 g/mol. The van der Waals surface area contributed by atoms with Crippen LogP contribution in [-0.4, -0.2) is 52.0 Å². The number of rotatable bonds is 4. The molecule has 1 heterocycles. The molecular weight excluding hydrogens is 292 g/mol. The van der Waals surface area contributed by atoms with Crippen LogP contribution in [0.4, 0.5) is 0 Å².